The number of hydrogen-bond acceptors (Lipinski definition) is 3. The van der Waals surface area contributed by atoms with E-state index in [1.54, 1.807) is 19.1 Å². The highest BCUT2D eigenvalue weighted by Gasteiger charge is 2.11. The van der Waals surface area contributed by atoms with E-state index in [-0.39, 0.29) is 5.82 Å². The van der Waals surface area contributed by atoms with E-state index < -0.39 is 0 Å². The van der Waals surface area contributed by atoms with Crippen LogP contribution in [-0.4, -0.2) is 18.3 Å². The standard InChI is InChI=1S/C17H17FN2O2S/c1-11-3-4-12(9-14(11)18)19-17(23)20-13-5-6-15-16(10-13)22-8-2-7-21-15/h3-6,9-10H,2,7-8H2,1H3,(H2,19,20,23). The molecule has 0 radical (unpaired) electrons. The molecule has 2 N–H and O–H groups in total. The van der Waals surface area contributed by atoms with Crippen LogP contribution in [0.4, 0.5) is 15.8 Å². The fourth-order valence-corrected chi connectivity index (χ4v) is 2.44. The van der Waals surface area contributed by atoms with Gasteiger partial charge in [0, 0.05) is 23.9 Å². The number of ether oxygens (including phenoxy) is 2. The Morgan fingerprint density at radius 2 is 1.65 bits per heavy atom. The van der Waals surface area contributed by atoms with Gasteiger partial charge in [0.15, 0.2) is 16.6 Å². The molecule has 0 saturated carbocycles. The van der Waals surface area contributed by atoms with E-state index >= 15 is 0 Å². The fraction of sp³-hybridized carbons (Fsp3) is 0.235. The van der Waals surface area contributed by atoms with E-state index in [4.69, 9.17) is 21.7 Å². The minimum Gasteiger partial charge on any atom is -0.490 e. The van der Waals surface area contributed by atoms with E-state index in [1.807, 2.05) is 18.2 Å². The van der Waals surface area contributed by atoms with Crippen LogP contribution in [0.15, 0.2) is 36.4 Å². The first-order valence-electron chi connectivity index (χ1n) is 7.35. The summed E-state index contributed by atoms with van der Waals surface area (Å²) in [7, 11) is 0. The van der Waals surface area contributed by atoms with Crippen LogP contribution in [0.1, 0.15) is 12.0 Å². The number of aryl methyl sites for hydroxylation is 1. The first-order valence-corrected chi connectivity index (χ1v) is 7.76. The number of nitrogens with one attached hydrogen (secondary N) is 2. The second kappa shape index (κ2) is 6.83. The number of halogens is 1. The number of fused-ring (bicyclic) bond motifs is 1. The molecule has 2 aromatic rings. The highest BCUT2D eigenvalue weighted by atomic mass is 32.1. The molecule has 4 nitrogen and oxygen atoms in total. The van der Waals surface area contributed by atoms with E-state index in [0.29, 0.717) is 35.3 Å². The molecule has 0 bridgehead atoms. The third kappa shape index (κ3) is 3.90. The Labute approximate surface area is 139 Å². The molecule has 0 atom stereocenters. The summed E-state index contributed by atoms with van der Waals surface area (Å²) in [4.78, 5) is 0. The molecule has 0 spiro atoms. The lowest BCUT2D eigenvalue weighted by Crippen LogP contribution is -2.19. The molecule has 3 rings (SSSR count). The average molecular weight is 332 g/mol. The van der Waals surface area contributed by atoms with E-state index in [2.05, 4.69) is 10.6 Å². The van der Waals surface area contributed by atoms with Crippen molar-refractivity contribution in [1.29, 1.82) is 0 Å². The minimum atomic E-state index is -0.270. The number of anilines is 2. The van der Waals surface area contributed by atoms with Gasteiger partial charge in [0.1, 0.15) is 5.82 Å². The second-order valence-electron chi connectivity index (χ2n) is 5.26. The van der Waals surface area contributed by atoms with Gasteiger partial charge < -0.3 is 20.1 Å². The Balaban J connectivity index is 1.67. The zero-order chi connectivity index (χ0) is 16.2. The molecule has 0 aliphatic carbocycles. The monoisotopic (exact) mass is 332 g/mol. The maximum absolute atomic E-state index is 13.5. The molecular weight excluding hydrogens is 315 g/mol. The molecule has 0 saturated heterocycles. The van der Waals surface area contributed by atoms with Crippen LogP contribution in [0.3, 0.4) is 0 Å². The summed E-state index contributed by atoms with van der Waals surface area (Å²) in [6.07, 6.45) is 0.858. The summed E-state index contributed by atoms with van der Waals surface area (Å²) in [5, 5.41) is 6.39. The SMILES string of the molecule is Cc1ccc(NC(=S)Nc2ccc3c(c2)OCCCO3)cc1F. The van der Waals surface area contributed by atoms with Crippen LogP contribution in [0.2, 0.25) is 0 Å². The highest BCUT2D eigenvalue weighted by Crippen LogP contribution is 2.32. The lowest BCUT2D eigenvalue weighted by molar-refractivity contribution is 0.297. The molecule has 6 heteroatoms. The van der Waals surface area contributed by atoms with Crippen molar-refractivity contribution in [2.75, 3.05) is 23.8 Å². The van der Waals surface area contributed by atoms with Crippen LogP contribution < -0.4 is 20.1 Å². The van der Waals surface area contributed by atoms with Crippen LogP contribution in [0.5, 0.6) is 11.5 Å². The lowest BCUT2D eigenvalue weighted by atomic mass is 10.2. The number of thiocarbonyl (C=S) groups is 1. The van der Waals surface area contributed by atoms with Gasteiger partial charge in [0.25, 0.3) is 0 Å². The van der Waals surface area contributed by atoms with Crippen molar-refractivity contribution in [3.05, 3.63) is 47.8 Å². The normalized spacial score (nSPS) is 13.1. The van der Waals surface area contributed by atoms with Crippen molar-refractivity contribution in [2.45, 2.75) is 13.3 Å². The topological polar surface area (TPSA) is 42.5 Å². The van der Waals surface area contributed by atoms with Gasteiger partial charge in [-0.1, -0.05) is 6.07 Å². The molecule has 0 unspecified atom stereocenters. The fourth-order valence-electron chi connectivity index (χ4n) is 2.21. The average Bonchev–Trinajstić information content (AvgIpc) is 2.75. The number of hydrogen-bond donors (Lipinski definition) is 2. The molecule has 1 aliphatic heterocycles. The predicted molar refractivity (Wildman–Crippen MR) is 93.0 cm³/mol. The smallest absolute Gasteiger partial charge is 0.175 e. The molecular formula is C17H17FN2O2S. The molecule has 120 valence electrons. The maximum atomic E-state index is 13.5. The predicted octanol–water partition coefficient (Wildman–Crippen LogP) is 4.10. The molecule has 1 aliphatic rings. The van der Waals surface area contributed by atoms with Crippen LogP contribution in [-0.2, 0) is 0 Å². The Bertz CT molecular complexity index is 737. The van der Waals surface area contributed by atoms with Crippen molar-refractivity contribution in [1.82, 2.24) is 0 Å². The summed E-state index contributed by atoms with van der Waals surface area (Å²) in [6.45, 7) is 2.99. The van der Waals surface area contributed by atoms with Crippen LogP contribution >= 0.6 is 12.2 Å². The Morgan fingerprint density at radius 3 is 2.39 bits per heavy atom. The van der Waals surface area contributed by atoms with Gasteiger partial charge in [0.05, 0.1) is 13.2 Å². The van der Waals surface area contributed by atoms with E-state index in [1.165, 1.54) is 6.07 Å². The lowest BCUT2D eigenvalue weighted by Gasteiger charge is -2.13. The number of rotatable bonds is 2. The summed E-state index contributed by atoms with van der Waals surface area (Å²) in [5.41, 5.74) is 1.97. The Morgan fingerprint density at radius 1 is 1.00 bits per heavy atom. The first kappa shape index (κ1) is 15.6. The zero-order valence-corrected chi connectivity index (χ0v) is 13.5. The third-order valence-electron chi connectivity index (χ3n) is 3.44. The summed E-state index contributed by atoms with van der Waals surface area (Å²) >= 11 is 5.26. The molecule has 2 aromatic carbocycles. The third-order valence-corrected chi connectivity index (χ3v) is 3.64. The quantitative estimate of drug-likeness (QED) is 0.811. The van der Waals surface area contributed by atoms with Crippen molar-refractivity contribution in [3.63, 3.8) is 0 Å². The first-order chi connectivity index (χ1) is 11.1. The summed E-state index contributed by atoms with van der Waals surface area (Å²) < 4.78 is 24.8. The Hall–Kier alpha value is -2.34. The van der Waals surface area contributed by atoms with Gasteiger partial charge in [-0.2, -0.15) is 0 Å². The second-order valence-corrected chi connectivity index (χ2v) is 5.66. The number of benzene rings is 2. The molecule has 0 amide bonds. The van der Waals surface area contributed by atoms with Crippen LogP contribution in [0.25, 0.3) is 0 Å². The molecule has 0 aromatic heterocycles. The van der Waals surface area contributed by atoms with Gasteiger partial charge in [-0.3, -0.25) is 0 Å². The van der Waals surface area contributed by atoms with E-state index in [9.17, 15) is 4.39 Å². The molecule has 1 heterocycles. The Kier molecular flexibility index (Phi) is 4.62. The van der Waals surface area contributed by atoms with Gasteiger partial charge in [0.2, 0.25) is 0 Å². The zero-order valence-electron chi connectivity index (χ0n) is 12.7. The van der Waals surface area contributed by atoms with Gasteiger partial charge in [-0.15, -0.1) is 0 Å². The maximum Gasteiger partial charge on any atom is 0.175 e. The molecule has 23 heavy (non-hydrogen) atoms. The van der Waals surface area contributed by atoms with Gasteiger partial charge >= 0.3 is 0 Å². The van der Waals surface area contributed by atoms with Crippen molar-refractivity contribution >= 4 is 28.7 Å². The van der Waals surface area contributed by atoms with Gasteiger partial charge in [-0.25, -0.2) is 4.39 Å². The summed E-state index contributed by atoms with van der Waals surface area (Å²) in [6, 6.07) is 10.4. The van der Waals surface area contributed by atoms with Crippen LogP contribution in [0, 0.1) is 12.7 Å². The van der Waals surface area contributed by atoms with Crippen molar-refractivity contribution in [3.8, 4) is 11.5 Å². The van der Waals surface area contributed by atoms with E-state index in [0.717, 1.165) is 17.9 Å². The largest absolute Gasteiger partial charge is 0.490 e. The van der Waals surface area contributed by atoms with Crippen molar-refractivity contribution < 1.29 is 13.9 Å². The molecule has 0 fully saturated rings. The van der Waals surface area contributed by atoms with Gasteiger partial charge in [-0.05, 0) is 49.0 Å². The minimum absolute atomic E-state index is 0.270. The summed E-state index contributed by atoms with van der Waals surface area (Å²) in [5.74, 6) is 1.15. The highest BCUT2D eigenvalue weighted by molar-refractivity contribution is 7.80. The van der Waals surface area contributed by atoms with Crippen molar-refractivity contribution in [2.24, 2.45) is 0 Å².